The van der Waals surface area contributed by atoms with Gasteiger partial charge in [0.2, 0.25) is 0 Å². The minimum absolute atomic E-state index is 0.911. The summed E-state index contributed by atoms with van der Waals surface area (Å²) in [6, 6.07) is 14.8. The van der Waals surface area contributed by atoms with Crippen LogP contribution in [0, 0.1) is 6.92 Å². The first-order valence-corrected chi connectivity index (χ1v) is 8.23. The highest BCUT2D eigenvalue weighted by Crippen LogP contribution is 2.18. The van der Waals surface area contributed by atoms with Crippen molar-refractivity contribution in [1.29, 1.82) is 0 Å². The van der Waals surface area contributed by atoms with Gasteiger partial charge in [-0.1, -0.05) is 30.3 Å². The largest absolute Gasteiger partial charge is 0.290 e. The molecular formula is C18H19N3S. The molecule has 4 heteroatoms. The standard InChI is InChI=1S/C18H19N3S/c1-15-18(22-14-20-15)13-21(11-16-5-3-2-4-6-16)12-17-7-9-19-10-8-17/h2-10,14H,11-13H2,1H3. The van der Waals surface area contributed by atoms with Gasteiger partial charge in [0.25, 0.3) is 0 Å². The number of rotatable bonds is 6. The van der Waals surface area contributed by atoms with Crippen LogP contribution in [0.3, 0.4) is 0 Å². The van der Waals surface area contributed by atoms with Crippen LogP contribution in [0.4, 0.5) is 0 Å². The first-order chi connectivity index (χ1) is 10.8. The van der Waals surface area contributed by atoms with E-state index in [1.807, 2.05) is 17.9 Å². The van der Waals surface area contributed by atoms with Gasteiger partial charge in [0, 0.05) is 36.9 Å². The lowest BCUT2D eigenvalue weighted by Gasteiger charge is -2.22. The van der Waals surface area contributed by atoms with Gasteiger partial charge in [-0.3, -0.25) is 9.88 Å². The molecule has 0 aliphatic carbocycles. The molecule has 2 heterocycles. The number of hydrogen-bond acceptors (Lipinski definition) is 4. The van der Waals surface area contributed by atoms with Gasteiger partial charge >= 0.3 is 0 Å². The molecule has 3 aromatic rings. The average molecular weight is 309 g/mol. The van der Waals surface area contributed by atoms with Crippen molar-refractivity contribution in [2.24, 2.45) is 0 Å². The Morgan fingerprint density at radius 1 is 0.909 bits per heavy atom. The third-order valence-electron chi connectivity index (χ3n) is 3.62. The van der Waals surface area contributed by atoms with Crippen molar-refractivity contribution in [3.8, 4) is 0 Å². The summed E-state index contributed by atoms with van der Waals surface area (Å²) < 4.78 is 0. The van der Waals surface area contributed by atoms with Gasteiger partial charge in [-0.05, 0) is 30.2 Å². The van der Waals surface area contributed by atoms with Crippen LogP contribution in [0.2, 0.25) is 0 Å². The van der Waals surface area contributed by atoms with Gasteiger partial charge in [-0.25, -0.2) is 4.98 Å². The molecule has 0 unspecified atom stereocenters. The van der Waals surface area contributed by atoms with Crippen LogP contribution in [-0.4, -0.2) is 14.9 Å². The van der Waals surface area contributed by atoms with E-state index >= 15 is 0 Å². The van der Waals surface area contributed by atoms with Crippen molar-refractivity contribution in [3.05, 3.63) is 82.1 Å². The monoisotopic (exact) mass is 309 g/mol. The highest BCUT2D eigenvalue weighted by molar-refractivity contribution is 7.09. The van der Waals surface area contributed by atoms with E-state index in [9.17, 15) is 0 Å². The van der Waals surface area contributed by atoms with E-state index in [4.69, 9.17) is 0 Å². The maximum absolute atomic E-state index is 4.37. The fourth-order valence-corrected chi connectivity index (χ4v) is 3.26. The number of hydrogen-bond donors (Lipinski definition) is 0. The number of benzene rings is 1. The molecule has 3 nitrogen and oxygen atoms in total. The van der Waals surface area contributed by atoms with Crippen LogP contribution >= 0.6 is 11.3 Å². The molecule has 0 saturated heterocycles. The fraction of sp³-hybridized carbons (Fsp3) is 0.222. The highest BCUT2D eigenvalue weighted by Gasteiger charge is 2.11. The topological polar surface area (TPSA) is 29.0 Å². The minimum atomic E-state index is 0.911. The quantitative estimate of drug-likeness (QED) is 0.688. The molecule has 0 atom stereocenters. The van der Waals surface area contributed by atoms with E-state index in [-0.39, 0.29) is 0 Å². The summed E-state index contributed by atoms with van der Waals surface area (Å²) in [6.07, 6.45) is 3.71. The summed E-state index contributed by atoms with van der Waals surface area (Å²) in [5.74, 6) is 0. The maximum Gasteiger partial charge on any atom is 0.0798 e. The summed E-state index contributed by atoms with van der Waals surface area (Å²) >= 11 is 1.73. The first kappa shape index (κ1) is 14.9. The second-order valence-corrected chi connectivity index (χ2v) is 6.29. The van der Waals surface area contributed by atoms with Crippen molar-refractivity contribution >= 4 is 11.3 Å². The van der Waals surface area contributed by atoms with Gasteiger partial charge in [-0.2, -0.15) is 0 Å². The van der Waals surface area contributed by atoms with Gasteiger partial charge < -0.3 is 0 Å². The molecule has 0 N–H and O–H groups in total. The summed E-state index contributed by atoms with van der Waals surface area (Å²) in [5, 5.41) is 0. The molecule has 0 fully saturated rings. The van der Waals surface area contributed by atoms with E-state index < -0.39 is 0 Å². The lowest BCUT2D eigenvalue weighted by Crippen LogP contribution is -2.22. The number of thiazole rings is 1. The molecular weight excluding hydrogens is 290 g/mol. The Morgan fingerprint density at radius 2 is 1.59 bits per heavy atom. The Balaban J connectivity index is 1.77. The predicted molar refractivity (Wildman–Crippen MR) is 90.5 cm³/mol. The average Bonchev–Trinajstić information content (AvgIpc) is 2.94. The summed E-state index contributed by atoms with van der Waals surface area (Å²) in [7, 11) is 0. The molecule has 3 rings (SSSR count). The normalized spacial score (nSPS) is 11.0. The lowest BCUT2D eigenvalue weighted by molar-refractivity contribution is 0.249. The van der Waals surface area contributed by atoms with Crippen LogP contribution in [-0.2, 0) is 19.6 Å². The second-order valence-electron chi connectivity index (χ2n) is 5.35. The molecule has 0 spiro atoms. The Bertz CT molecular complexity index is 653. The van der Waals surface area contributed by atoms with Crippen LogP contribution in [0.1, 0.15) is 21.7 Å². The predicted octanol–water partition coefficient (Wildman–Crippen LogP) is 4.05. The van der Waals surface area contributed by atoms with Crippen LogP contribution in [0.25, 0.3) is 0 Å². The number of aryl methyl sites for hydroxylation is 1. The van der Waals surface area contributed by atoms with Crippen LogP contribution in [0.15, 0.2) is 60.4 Å². The van der Waals surface area contributed by atoms with Gasteiger partial charge in [0.1, 0.15) is 0 Å². The van der Waals surface area contributed by atoms with Crippen molar-refractivity contribution in [2.45, 2.75) is 26.6 Å². The summed E-state index contributed by atoms with van der Waals surface area (Å²) in [4.78, 5) is 12.3. The van der Waals surface area contributed by atoms with Crippen LogP contribution < -0.4 is 0 Å². The first-order valence-electron chi connectivity index (χ1n) is 7.35. The third kappa shape index (κ3) is 4.00. The lowest BCUT2D eigenvalue weighted by atomic mass is 10.2. The molecule has 0 bridgehead atoms. The van der Waals surface area contributed by atoms with E-state index in [0.717, 1.165) is 25.3 Å². The zero-order chi connectivity index (χ0) is 15.2. The SMILES string of the molecule is Cc1ncsc1CN(Cc1ccccc1)Cc1ccncc1. The zero-order valence-corrected chi connectivity index (χ0v) is 13.5. The molecule has 1 aromatic carbocycles. The van der Waals surface area contributed by atoms with E-state index in [0.29, 0.717) is 0 Å². The number of pyridine rings is 1. The Hall–Kier alpha value is -2.04. The second kappa shape index (κ2) is 7.29. The Kier molecular flexibility index (Phi) is 4.93. The number of nitrogens with zero attached hydrogens (tertiary/aromatic N) is 3. The molecule has 112 valence electrons. The Labute approximate surface area is 135 Å². The van der Waals surface area contributed by atoms with Crippen molar-refractivity contribution in [3.63, 3.8) is 0 Å². The number of aromatic nitrogens is 2. The molecule has 2 aromatic heterocycles. The highest BCUT2D eigenvalue weighted by atomic mass is 32.1. The minimum Gasteiger partial charge on any atom is -0.290 e. The summed E-state index contributed by atoms with van der Waals surface area (Å²) in [6.45, 7) is 4.85. The van der Waals surface area contributed by atoms with Crippen molar-refractivity contribution < 1.29 is 0 Å². The van der Waals surface area contributed by atoms with Crippen molar-refractivity contribution in [1.82, 2.24) is 14.9 Å². The molecule has 0 aliphatic rings. The Morgan fingerprint density at radius 3 is 2.23 bits per heavy atom. The smallest absolute Gasteiger partial charge is 0.0798 e. The summed E-state index contributed by atoms with van der Waals surface area (Å²) in [5.41, 5.74) is 5.68. The molecule has 0 aliphatic heterocycles. The zero-order valence-electron chi connectivity index (χ0n) is 12.6. The maximum atomic E-state index is 4.37. The van der Waals surface area contributed by atoms with Crippen LogP contribution in [0.5, 0.6) is 0 Å². The van der Waals surface area contributed by atoms with E-state index in [2.05, 4.69) is 64.3 Å². The third-order valence-corrected chi connectivity index (χ3v) is 4.54. The van der Waals surface area contributed by atoms with Gasteiger partial charge in [-0.15, -0.1) is 11.3 Å². The van der Waals surface area contributed by atoms with Gasteiger partial charge in [0.15, 0.2) is 0 Å². The van der Waals surface area contributed by atoms with E-state index in [1.165, 1.54) is 16.0 Å². The molecule has 22 heavy (non-hydrogen) atoms. The molecule has 0 saturated carbocycles. The molecule has 0 radical (unpaired) electrons. The molecule has 0 amide bonds. The van der Waals surface area contributed by atoms with Crippen molar-refractivity contribution in [2.75, 3.05) is 0 Å². The van der Waals surface area contributed by atoms with Gasteiger partial charge in [0.05, 0.1) is 11.2 Å². The van der Waals surface area contributed by atoms with E-state index in [1.54, 1.807) is 11.3 Å². The fourth-order valence-electron chi connectivity index (χ4n) is 2.44.